The lowest BCUT2D eigenvalue weighted by molar-refractivity contribution is -0.119. The highest BCUT2D eigenvalue weighted by atomic mass is 16.2. The van der Waals surface area contributed by atoms with Crippen LogP contribution in [0.5, 0.6) is 0 Å². The first-order valence-corrected chi connectivity index (χ1v) is 6.70. The maximum absolute atomic E-state index is 12.6. The Morgan fingerprint density at radius 3 is 2.33 bits per heavy atom. The Bertz CT molecular complexity index is 644. The van der Waals surface area contributed by atoms with E-state index >= 15 is 0 Å². The molecule has 0 radical (unpaired) electrons. The Morgan fingerprint density at radius 1 is 1.19 bits per heavy atom. The zero-order valence-corrected chi connectivity index (χ0v) is 11.9. The molecule has 2 aromatic rings. The topological polar surface area (TPSA) is 70.1 Å². The summed E-state index contributed by atoms with van der Waals surface area (Å²) in [7, 11) is 1.72. The van der Waals surface area contributed by atoms with Crippen molar-refractivity contribution >= 4 is 11.6 Å². The molecule has 1 unspecified atom stereocenters. The van der Waals surface area contributed by atoms with Gasteiger partial charge in [-0.15, -0.1) is 0 Å². The van der Waals surface area contributed by atoms with Crippen LogP contribution in [-0.4, -0.2) is 19.5 Å². The molecule has 1 atom stereocenters. The molecule has 0 bridgehead atoms. The van der Waals surface area contributed by atoms with Crippen LogP contribution in [-0.2, 0) is 4.79 Å². The third-order valence-electron chi connectivity index (χ3n) is 3.45. The quantitative estimate of drug-likeness (QED) is 0.933. The number of nitrogens with two attached hydrogens (primary N) is 1. The number of amides is 1. The number of benzene rings is 2. The molecule has 4 nitrogen and oxygen atoms in total. The summed E-state index contributed by atoms with van der Waals surface area (Å²) >= 11 is 0. The van der Waals surface area contributed by atoms with Gasteiger partial charge in [0.2, 0.25) is 5.91 Å². The Morgan fingerprint density at radius 2 is 1.81 bits per heavy atom. The lowest BCUT2D eigenvalue weighted by Crippen LogP contribution is -2.35. The van der Waals surface area contributed by atoms with Gasteiger partial charge in [0.1, 0.15) is 0 Å². The molecule has 0 aliphatic heterocycles. The van der Waals surface area contributed by atoms with Crippen LogP contribution in [0.1, 0.15) is 17.0 Å². The fourth-order valence-corrected chi connectivity index (χ4v) is 2.19. The average molecular weight is 279 g/mol. The van der Waals surface area contributed by atoms with Gasteiger partial charge < -0.3 is 10.6 Å². The first-order valence-electron chi connectivity index (χ1n) is 6.70. The average Bonchev–Trinajstić information content (AvgIpc) is 2.56. The summed E-state index contributed by atoms with van der Waals surface area (Å²) in [6, 6.07) is 18.5. The fraction of sp³-hybridized carbons (Fsp3) is 0.176. The zero-order chi connectivity index (χ0) is 15.2. The molecule has 21 heavy (non-hydrogen) atoms. The molecule has 106 valence electrons. The lowest BCUT2D eigenvalue weighted by Gasteiger charge is -2.23. The molecular formula is C17H17N3O. The highest BCUT2D eigenvalue weighted by molar-refractivity contribution is 5.97. The van der Waals surface area contributed by atoms with Crippen molar-refractivity contribution in [3.05, 3.63) is 65.7 Å². The molecular weight excluding hydrogens is 262 g/mol. The standard InChI is InChI=1S/C17H17N3O/c1-20(15-9-7-13(11-18)8-10-15)17(21)16(12-19)14-5-3-2-4-6-14/h2-10,16H,12,19H2,1H3. The van der Waals surface area contributed by atoms with Gasteiger partial charge in [-0.05, 0) is 29.8 Å². The summed E-state index contributed by atoms with van der Waals surface area (Å²) in [6.07, 6.45) is 0. The van der Waals surface area contributed by atoms with Crippen LogP contribution < -0.4 is 10.6 Å². The summed E-state index contributed by atoms with van der Waals surface area (Å²) in [6.45, 7) is 0.253. The first-order chi connectivity index (χ1) is 10.2. The summed E-state index contributed by atoms with van der Waals surface area (Å²) < 4.78 is 0. The maximum Gasteiger partial charge on any atom is 0.235 e. The number of carbonyl (C=O) groups excluding carboxylic acids is 1. The van der Waals surface area contributed by atoms with Crippen molar-refractivity contribution in [2.45, 2.75) is 5.92 Å². The van der Waals surface area contributed by atoms with E-state index in [9.17, 15) is 4.79 Å². The second kappa shape index (κ2) is 6.69. The number of nitriles is 1. The predicted octanol–water partition coefficient (Wildman–Crippen LogP) is 2.26. The van der Waals surface area contributed by atoms with Gasteiger partial charge in [0, 0.05) is 19.3 Å². The number of anilines is 1. The molecule has 0 heterocycles. The van der Waals surface area contributed by atoms with Crippen molar-refractivity contribution in [2.75, 3.05) is 18.5 Å². The first kappa shape index (κ1) is 14.8. The molecule has 4 heteroatoms. The van der Waals surface area contributed by atoms with Gasteiger partial charge in [0.15, 0.2) is 0 Å². The Kier molecular flexibility index (Phi) is 4.70. The predicted molar refractivity (Wildman–Crippen MR) is 82.8 cm³/mol. The number of nitrogens with zero attached hydrogens (tertiary/aromatic N) is 2. The highest BCUT2D eigenvalue weighted by Gasteiger charge is 2.23. The monoisotopic (exact) mass is 279 g/mol. The molecule has 0 aliphatic rings. The van der Waals surface area contributed by atoms with Gasteiger partial charge in [-0.25, -0.2) is 0 Å². The molecule has 0 saturated heterocycles. The molecule has 1 amide bonds. The SMILES string of the molecule is CN(C(=O)C(CN)c1ccccc1)c1ccc(C#N)cc1. The van der Waals surface area contributed by atoms with Crippen molar-refractivity contribution in [2.24, 2.45) is 5.73 Å². The summed E-state index contributed by atoms with van der Waals surface area (Å²) in [4.78, 5) is 14.2. The van der Waals surface area contributed by atoms with E-state index in [1.807, 2.05) is 30.3 Å². The molecule has 0 saturated carbocycles. The molecule has 0 aliphatic carbocycles. The third-order valence-corrected chi connectivity index (χ3v) is 3.45. The Balaban J connectivity index is 2.22. The molecule has 2 aromatic carbocycles. The van der Waals surface area contributed by atoms with Crippen LogP contribution in [0, 0.1) is 11.3 Å². The fourth-order valence-electron chi connectivity index (χ4n) is 2.19. The van der Waals surface area contributed by atoms with Gasteiger partial charge in [-0.1, -0.05) is 30.3 Å². The minimum atomic E-state index is -0.369. The van der Waals surface area contributed by atoms with Crippen LogP contribution >= 0.6 is 0 Å². The number of rotatable bonds is 4. The minimum absolute atomic E-state index is 0.0617. The van der Waals surface area contributed by atoms with Crippen molar-refractivity contribution in [3.63, 3.8) is 0 Å². The molecule has 0 spiro atoms. The van der Waals surface area contributed by atoms with Crippen molar-refractivity contribution in [3.8, 4) is 6.07 Å². The van der Waals surface area contributed by atoms with Gasteiger partial charge in [-0.2, -0.15) is 5.26 Å². The Labute approximate surface area is 124 Å². The molecule has 0 fully saturated rings. The second-order valence-corrected chi connectivity index (χ2v) is 4.75. The van der Waals surface area contributed by atoms with E-state index < -0.39 is 0 Å². The third kappa shape index (κ3) is 3.28. The van der Waals surface area contributed by atoms with Gasteiger partial charge in [-0.3, -0.25) is 4.79 Å². The lowest BCUT2D eigenvalue weighted by atomic mass is 9.97. The maximum atomic E-state index is 12.6. The Hall–Kier alpha value is -2.64. The minimum Gasteiger partial charge on any atom is -0.329 e. The number of hydrogen-bond acceptors (Lipinski definition) is 3. The van der Waals surface area contributed by atoms with Crippen molar-refractivity contribution in [1.29, 1.82) is 5.26 Å². The van der Waals surface area contributed by atoms with Gasteiger partial charge in [0.05, 0.1) is 17.6 Å². The second-order valence-electron chi connectivity index (χ2n) is 4.75. The normalized spacial score (nSPS) is 11.5. The van der Waals surface area contributed by atoms with Crippen LogP contribution in [0.25, 0.3) is 0 Å². The van der Waals surface area contributed by atoms with E-state index in [0.717, 1.165) is 11.3 Å². The van der Waals surface area contributed by atoms with Crippen LogP contribution in [0.3, 0.4) is 0 Å². The largest absolute Gasteiger partial charge is 0.329 e. The molecule has 2 N–H and O–H groups in total. The number of carbonyl (C=O) groups is 1. The number of hydrogen-bond donors (Lipinski definition) is 1. The van der Waals surface area contributed by atoms with E-state index in [2.05, 4.69) is 6.07 Å². The van der Waals surface area contributed by atoms with Crippen LogP contribution in [0.4, 0.5) is 5.69 Å². The van der Waals surface area contributed by atoms with E-state index in [0.29, 0.717) is 5.56 Å². The molecule has 0 aromatic heterocycles. The van der Waals surface area contributed by atoms with Gasteiger partial charge >= 0.3 is 0 Å². The van der Waals surface area contributed by atoms with E-state index in [4.69, 9.17) is 11.0 Å². The highest BCUT2D eigenvalue weighted by Crippen LogP contribution is 2.21. The smallest absolute Gasteiger partial charge is 0.235 e. The van der Waals surface area contributed by atoms with E-state index in [1.54, 1.807) is 36.2 Å². The van der Waals surface area contributed by atoms with E-state index in [-0.39, 0.29) is 18.4 Å². The van der Waals surface area contributed by atoms with Crippen LogP contribution in [0.15, 0.2) is 54.6 Å². The van der Waals surface area contributed by atoms with Gasteiger partial charge in [0.25, 0.3) is 0 Å². The van der Waals surface area contributed by atoms with Crippen molar-refractivity contribution < 1.29 is 4.79 Å². The summed E-state index contributed by atoms with van der Waals surface area (Å²) in [5.41, 5.74) is 8.00. The van der Waals surface area contributed by atoms with Crippen LogP contribution in [0.2, 0.25) is 0 Å². The zero-order valence-electron chi connectivity index (χ0n) is 11.9. The van der Waals surface area contributed by atoms with Crippen molar-refractivity contribution in [1.82, 2.24) is 0 Å². The summed E-state index contributed by atoms with van der Waals surface area (Å²) in [5.74, 6) is -0.430. The summed E-state index contributed by atoms with van der Waals surface area (Å²) in [5, 5.41) is 8.80. The molecule has 2 rings (SSSR count). The van der Waals surface area contributed by atoms with E-state index in [1.165, 1.54) is 0 Å². The number of likely N-dealkylation sites (N-methyl/N-ethyl adjacent to an activating group) is 1.